The van der Waals surface area contributed by atoms with Crippen LogP contribution in [0.5, 0.6) is 0 Å². The van der Waals surface area contributed by atoms with Crippen molar-refractivity contribution in [1.82, 2.24) is 4.57 Å². The van der Waals surface area contributed by atoms with Gasteiger partial charge in [0.25, 0.3) is 0 Å². The third-order valence-electron chi connectivity index (χ3n) is 2.68. The molecular weight excluding hydrogens is 189 g/mol. The monoisotopic (exact) mass is 205 g/mol. The molecule has 0 aliphatic rings. The summed E-state index contributed by atoms with van der Waals surface area (Å²) in [6, 6.07) is 10.4. The topological polar surface area (TPSA) is 4.93 Å². The minimum Gasteiger partial charge on any atom is -0.347 e. The zero-order valence-corrected chi connectivity index (χ0v) is 8.99. The average Bonchev–Trinajstić information content (AvgIpc) is 2.62. The Hall–Kier alpha value is -1.31. The van der Waals surface area contributed by atoms with Crippen LogP contribution in [-0.2, 0) is 6.54 Å². The van der Waals surface area contributed by atoms with Crippen molar-refractivity contribution in [3.8, 4) is 0 Å². The van der Waals surface area contributed by atoms with E-state index in [9.17, 15) is 4.39 Å². The van der Waals surface area contributed by atoms with Gasteiger partial charge in [0.15, 0.2) is 0 Å². The molecule has 2 heteroatoms. The van der Waals surface area contributed by atoms with Crippen molar-refractivity contribution < 1.29 is 4.39 Å². The van der Waals surface area contributed by atoms with Crippen molar-refractivity contribution in [3.63, 3.8) is 0 Å². The van der Waals surface area contributed by atoms with Crippen molar-refractivity contribution in [2.45, 2.75) is 32.5 Å². The molecule has 2 rings (SSSR count). The highest BCUT2D eigenvalue weighted by molar-refractivity contribution is 5.79. The first-order chi connectivity index (χ1) is 7.27. The number of benzene rings is 1. The van der Waals surface area contributed by atoms with E-state index in [1.807, 2.05) is 12.1 Å². The summed E-state index contributed by atoms with van der Waals surface area (Å²) in [5.74, 6) is 0. The molecule has 0 aliphatic heterocycles. The Bertz CT molecular complexity index is 431. The number of aryl methyl sites for hydroxylation is 1. The first kappa shape index (κ1) is 10.2. The van der Waals surface area contributed by atoms with Gasteiger partial charge in [-0.15, -0.1) is 0 Å². The van der Waals surface area contributed by atoms with E-state index in [4.69, 9.17) is 0 Å². The van der Waals surface area contributed by atoms with Crippen molar-refractivity contribution >= 4 is 10.9 Å². The number of fused-ring (bicyclic) bond motifs is 1. The fourth-order valence-corrected chi connectivity index (χ4v) is 1.88. The van der Waals surface area contributed by atoms with Gasteiger partial charge in [-0.25, -0.2) is 4.39 Å². The average molecular weight is 205 g/mol. The molecule has 0 spiro atoms. The van der Waals surface area contributed by atoms with E-state index in [1.165, 1.54) is 10.9 Å². The summed E-state index contributed by atoms with van der Waals surface area (Å²) in [7, 11) is 0. The van der Waals surface area contributed by atoms with Crippen LogP contribution in [-0.4, -0.2) is 10.7 Å². The number of nitrogens with zero attached hydrogens (tertiary/aromatic N) is 1. The highest BCUT2D eigenvalue weighted by atomic mass is 19.1. The van der Waals surface area contributed by atoms with Crippen LogP contribution in [0.2, 0.25) is 0 Å². The maximum atomic E-state index is 12.6. The van der Waals surface area contributed by atoms with Gasteiger partial charge in [0, 0.05) is 18.3 Å². The SMILES string of the molecule is CC(F)CCCn1ccc2ccccc21. The van der Waals surface area contributed by atoms with Crippen molar-refractivity contribution in [1.29, 1.82) is 0 Å². The molecule has 0 radical (unpaired) electrons. The van der Waals surface area contributed by atoms with Crippen LogP contribution in [0.1, 0.15) is 19.8 Å². The molecular formula is C13H16FN. The van der Waals surface area contributed by atoms with Gasteiger partial charge in [0.1, 0.15) is 0 Å². The summed E-state index contributed by atoms with van der Waals surface area (Å²) in [6.07, 6.45) is 2.93. The van der Waals surface area contributed by atoms with Gasteiger partial charge in [0.05, 0.1) is 6.17 Å². The molecule has 0 N–H and O–H groups in total. The number of hydrogen-bond donors (Lipinski definition) is 0. The molecule has 0 bridgehead atoms. The number of halogens is 1. The van der Waals surface area contributed by atoms with Crippen LogP contribution < -0.4 is 0 Å². The van der Waals surface area contributed by atoms with Gasteiger partial charge in [-0.1, -0.05) is 18.2 Å². The highest BCUT2D eigenvalue weighted by Gasteiger charge is 2.01. The molecule has 1 unspecified atom stereocenters. The van der Waals surface area contributed by atoms with E-state index in [-0.39, 0.29) is 0 Å². The fourth-order valence-electron chi connectivity index (χ4n) is 1.88. The lowest BCUT2D eigenvalue weighted by Crippen LogP contribution is -1.99. The number of rotatable bonds is 4. The van der Waals surface area contributed by atoms with Crippen molar-refractivity contribution in [2.24, 2.45) is 0 Å². The van der Waals surface area contributed by atoms with Crippen LogP contribution in [0.15, 0.2) is 36.5 Å². The molecule has 1 nitrogen and oxygen atoms in total. The van der Waals surface area contributed by atoms with Gasteiger partial charge in [-0.2, -0.15) is 0 Å². The van der Waals surface area contributed by atoms with Gasteiger partial charge in [0.2, 0.25) is 0 Å². The predicted molar refractivity (Wildman–Crippen MR) is 61.7 cm³/mol. The summed E-state index contributed by atoms with van der Waals surface area (Å²) < 4.78 is 14.8. The Morgan fingerprint density at radius 2 is 2.07 bits per heavy atom. The lowest BCUT2D eigenvalue weighted by Gasteiger charge is -2.05. The predicted octanol–water partition coefficient (Wildman–Crippen LogP) is 3.78. The normalized spacial score (nSPS) is 13.2. The minimum absolute atomic E-state index is 0.645. The van der Waals surface area contributed by atoms with E-state index >= 15 is 0 Å². The largest absolute Gasteiger partial charge is 0.347 e. The molecule has 1 atom stereocenters. The Morgan fingerprint density at radius 1 is 1.27 bits per heavy atom. The minimum atomic E-state index is -0.688. The van der Waals surface area contributed by atoms with Crippen molar-refractivity contribution in [3.05, 3.63) is 36.5 Å². The summed E-state index contributed by atoms with van der Waals surface area (Å²) >= 11 is 0. The van der Waals surface area contributed by atoms with Gasteiger partial charge in [-0.05, 0) is 37.3 Å². The first-order valence-electron chi connectivity index (χ1n) is 5.45. The Morgan fingerprint density at radius 3 is 2.87 bits per heavy atom. The summed E-state index contributed by atoms with van der Waals surface area (Å²) in [4.78, 5) is 0. The molecule has 0 amide bonds. The molecule has 80 valence electrons. The fraction of sp³-hybridized carbons (Fsp3) is 0.385. The number of alkyl halides is 1. The van der Waals surface area contributed by atoms with Gasteiger partial charge in [-0.3, -0.25) is 0 Å². The van der Waals surface area contributed by atoms with Crippen LogP contribution in [0, 0.1) is 0 Å². The first-order valence-corrected chi connectivity index (χ1v) is 5.45. The van der Waals surface area contributed by atoms with E-state index in [1.54, 1.807) is 6.92 Å². The Labute approximate surface area is 89.5 Å². The number of hydrogen-bond acceptors (Lipinski definition) is 0. The number of para-hydroxylation sites is 1. The third kappa shape index (κ3) is 2.38. The standard InChI is InChI=1S/C13H16FN/c1-11(14)5-4-9-15-10-8-12-6-2-3-7-13(12)15/h2-3,6-8,10-11H,4-5,9H2,1H3. The second-order valence-electron chi connectivity index (χ2n) is 3.99. The lowest BCUT2D eigenvalue weighted by molar-refractivity contribution is 0.328. The molecule has 0 aliphatic carbocycles. The maximum absolute atomic E-state index is 12.6. The molecule has 1 aromatic heterocycles. The quantitative estimate of drug-likeness (QED) is 0.715. The van der Waals surface area contributed by atoms with E-state index in [2.05, 4.69) is 29.0 Å². The molecule has 1 aromatic carbocycles. The van der Waals surface area contributed by atoms with Crippen LogP contribution in [0.25, 0.3) is 10.9 Å². The molecule has 0 fully saturated rings. The molecule has 2 aromatic rings. The molecule has 0 saturated heterocycles. The van der Waals surface area contributed by atoms with E-state index in [0.29, 0.717) is 6.42 Å². The summed E-state index contributed by atoms with van der Waals surface area (Å²) in [5, 5.41) is 1.26. The molecule has 15 heavy (non-hydrogen) atoms. The Balaban J connectivity index is 2.08. The van der Waals surface area contributed by atoms with Crippen LogP contribution in [0.4, 0.5) is 4.39 Å². The third-order valence-corrected chi connectivity index (χ3v) is 2.68. The summed E-state index contributed by atoms with van der Waals surface area (Å²) in [5.41, 5.74) is 1.24. The van der Waals surface area contributed by atoms with E-state index < -0.39 is 6.17 Å². The second-order valence-corrected chi connectivity index (χ2v) is 3.99. The van der Waals surface area contributed by atoms with Crippen molar-refractivity contribution in [2.75, 3.05) is 0 Å². The zero-order chi connectivity index (χ0) is 10.7. The smallest absolute Gasteiger partial charge is 0.0974 e. The molecule has 0 saturated carbocycles. The zero-order valence-electron chi connectivity index (χ0n) is 8.99. The molecule has 1 heterocycles. The highest BCUT2D eigenvalue weighted by Crippen LogP contribution is 2.16. The van der Waals surface area contributed by atoms with Gasteiger partial charge < -0.3 is 4.57 Å². The van der Waals surface area contributed by atoms with E-state index in [0.717, 1.165) is 13.0 Å². The van der Waals surface area contributed by atoms with Crippen LogP contribution >= 0.6 is 0 Å². The lowest BCUT2D eigenvalue weighted by atomic mass is 10.2. The summed E-state index contributed by atoms with van der Waals surface area (Å²) in [6.45, 7) is 2.52. The Kier molecular flexibility index (Phi) is 3.05. The second kappa shape index (κ2) is 4.47. The van der Waals surface area contributed by atoms with Crippen LogP contribution in [0.3, 0.4) is 0 Å². The number of aromatic nitrogens is 1. The maximum Gasteiger partial charge on any atom is 0.0974 e. The van der Waals surface area contributed by atoms with Gasteiger partial charge >= 0.3 is 0 Å².